The van der Waals surface area contributed by atoms with Crippen LogP contribution in [0, 0.1) is 0 Å². The molecule has 1 aromatic heterocycles. The van der Waals surface area contributed by atoms with Crippen LogP contribution in [-0.4, -0.2) is 16.2 Å². The molecule has 4 heteroatoms. The van der Waals surface area contributed by atoms with E-state index in [4.69, 9.17) is 5.84 Å². The van der Waals surface area contributed by atoms with E-state index < -0.39 is 0 Å². The Morgan fingerprint density at radius 1 is 0.762 bits per heavy atom. The molecule has 1 heterocycles. The molecule has 0 aliphatic heterocycles. The number of hydrogen-bond donors (Lipinski definition) is 1. The van der Waals surface area contributed by atoms with Crippen LogP contribution in [0.2, 0.25) is 0 Å². The topological polar surface area (TPSA) is 64.2 Å². The minimum atomic E-state index is 0.498. The van der Waals surface area contributed by atoms with Crippen molar-refractivity contribution >= 4 is 6.21 Å². The highest BCUT2D eigenvalue weighted by molar-refractivity contribution is 5.78. The molecule has 2 N–H and O–H groups in total. The number of rotatable bonds is 3. The van der Waals surface area contributed by atoms with Crippen LogP contribution in [0.4, 0.5) is 0 Å². The lowest BCUT2D eigenvalue weighted by Gasteiger charge is -2.06. The van der Waals surface area contributed by atoms with Crippen molar-refractivity contribution in [1.29, 1.82) is 0 Å². The summed E-state index contributed by atoms with van der Waals surface area (Å²) in [6.07, 6.45) is 1.46. The van der Waals surface area contributed by atoms with Gasteiger partial charge in [0.15, 0.2) is 5.82 Å². The maximum atomic E-state index is 5.23. The third kappa shape index (κ3) is 2.95. The first kappa shape index (κ1) is 13.0. The fraction of sp³-hybridized carbons (Fsp3) is 0. The second kappa shape index (κ2) is 5.96. The summed E-state index contributed by atoms with van der Waals surface area (Å²) < 4.78 is 0. The number of benzene rings is 2. The molecule has 0 atom stereocenters. The second-order valence-corrected chi connectivity index (χ2v) is 4.51. The molecule has 2 aromatic carbocycles. The van der Waals surface area contributed by atoms with E-state index in [9.17, 15) is 0 Å². The summed E-state index contributed by atoms with van der Waals surface area (Å²) >= 11 is 0. The lowest BCUT2D eigenvalue weighted by molar-refractivity contribution is 1.14. The van der Waals surface area contributed by atoms with E-state index >= 15 is 0 Å². The third-order valence-corrected chi connectivity index (χ3v) is 3.07. The molecule has 0 fully saturated rings. The van der Waals surface area contributed by atoms with Gasteiger partial charge in [0.05, 0.1) is 17.6 Å². The summed E-state index contributed by atoms with van der Waals surface area (Å²) in [6, 6.07) is 21.9. The van der Waals surface area contributed by atoms with Crippen molar-refractivity contribution in [1.82, 2.24) is 9.97 Å². The highest BCUT2D eigenvalue weighted by atomic mass is 15.1. The summed E-state index contributed by atoms with van der Waals surface area (Å²) in [7, 11) is 0. The Morgan fingerprint density at radius 2 is 1.24 bits per heavy atom. The Balaban J connectivity index is 2.15. The van der Waals surface area contributed by atoms with Gasteiger partial charge in [-0.25, -0.2) is 9.97 Å². The molecule has 21 heavy (non-hydrogen) atoms. The molecule has 4 nitrogen and oxygen atoms in total. The van der Waals surface area contributed by atoms with Crippen LogP contribution < -0.4 is 5.84 Å². The minimum Gasteiger partial charge on any atom is -0.323 e. The molecule has 102 valence electrons. The van der Waals surface area contributed by atoms with Gasteiger partial charge in [0, 0.05) is 11.1 Å². The van der Waals surface area contributed by atoms with Gasteiger partial charge < -0.3 is 5.84 Å². The summed E-state index contributed by atoms with van der Waals surface area (Å²) in [5.41, 5.74) is 3.76. The Hall–Kier alpha value is -3.01. The summed E-state index contributed by atoms with van der Waals surface area (Å²) in [4.78, 5) is 8.96. The Bertz CT molecular complexity index is 695. The zero-order chi connectivity index (χ0) is 14.5. The molecular formula is C17H14N4. The molecule has 0 spiro atoms. The quantitative estimate of drug-likeness (QED) is 0.453. The first-order valence-corrected chi connectivity index (χ1v) is 6.60. The Labute approximate surface area is 123 Å². The fourth-order valence-corrected chi connectivity index (χ4v) is 2.10. The monoisotopic (exact) mass is 274 g/mol. The van der Waals surface area contributed by atoms with Crippen molar-refractivity contribution in [3.8, 4) is 22.5 Å². The maximum absolute atomic E-state index is 5.23. The number of nitrogens with two attached hydrogens (primary N) is 1. The average Bonchev–Trinajstić information content (AvgIpc) is 2.56. The molecular weight excluding hydrogens is 260 g/mol. The van der Waals surface area contributed by atoms with Crippen molar-refractivity contribution in [2.45, 2.75) is 0 Å². The van der Waals surface area contributed by atoms with Gasteiger partial charge in [0.25, 0.3) is 0 Å². The van der Waals surface area contributed by atoms with Gasteiger partial charge in [0.2, 0.25) is 0 Å². The van der Waals surface area contributed by atoms with E-state index in [-0.39, 0.29) is 0 Å². The van der Waals surface area contributed by atoms with Gasteiger partial charge in [-0.3, -0.25) is 0 Å². The minimum absolute atomic E-state index is 0.498. The number of aromatic nitrogens is 2. The predicted octanol–water partition coefficient (Wildman–Crippen LogP) is 3.10. The van der Waals surface area contributed by atoms with Crippen molar-refractivity contribution in [3.63, 3.8) is 0 Å². The van der Waals surface area contributed by atoms with Gasteiger partial charge in [-0.05, 0) is 6.07 Å². The standard InChI is InChI=1S/C17H14N4/c18-19-12-17-20-15(13-7-3-1-4-8-13)11-16(21-17)14-9-5-2-6-10-14/h1-12H,18H2/b19-12+. The second-order valence-electron chi connectivity index (χ2n) is 4.51. The summed E-state index contributed by atoms with van der Waals surface area (Å²) in [5.74, 6) is 5.73. The summed E-state index contributed by atoms with van der Waals surface area (Å²) in [6.45, 7) is 0. The zero-order valence-electron chi connectivity index (χ0n) is 11.3. The summed E-state index contributed by atoms with van der Waals surface area (Å²) in [5, 5.41) is 3.53. The maximum Gasteiger partial charge on any atom is 0.173 e. The SMILES string of the molecule is N/N=C/c1nc(-c2ccccc2)cc(-c2ccccc2)n1. The van der Waals surface area contributed by atoms with Crippen LogP contribution in [0.1, 0.15) is 5.82 Å². The molecule has 3 aromatic rings. The Morgan fingerprint density at radius 3 is 1.67 bits per heavy atom. The van der Waals surface area contributed by atoms with Crippen LogP contribution >= 0.6 is 0 Å². The molecule has 0 aliphatic carbocycles. The molecule has 0 radical (unpaired) electrons. The van der Waals surface area contributed by atoms with E-state index in [1.165, 1.54) is 6.21 Å². The number of hydrazone groups is 1. The van der Waals surface area contributed by atoms with E-state index in [0.29, 0.717) is 5.82 Å². The smallest absolute Gasteiger partial charge is 0.173 e. The van der Waals surface area contributed by atoms with Gasteiger partial charge in [-0.15, -0.1) is 0 Å². The number of hydrogen-bond acceptors (Lipinski definition) is 4. The largest absolute Gasteiger partial charge is 0.323 e. The highest BCUT2D eigenvalue weighted by Gasteiger charge is 2.07. The van der Waals surface area contributed by atoms with Crippen molar-refractivity contribution < 1.29 is 0 Å². The zero-order valence-corrected chi connectivity index (χ0v) is 11.3. The number of nitrogens with zero attached hydrogens (tertiary/aromatic N) is 3. The molecule has 0 amide bonds. The first-order chi connectivity index (χ1) is 10.4. The molecule has 0 unspecified atom stereocenters. The third-order valence-electron chi connectivity index (χ3n) is 3.07. The van der Waals surface area contributed by atoms with Crippen molar-refractivity contribution in [2.24, 2.45) is 10.9 Å². The normalized spacial score (nSPS) is 10.9. The molecule has 0 saturated heterocycles. The lowest BCUT2D eigenvalue weighted by atomic mass is 10.1. The van der Waals surface area contributed by atoms with Gasteiger partial charge in [-0.1, -0.05) is 60.7 Å². The van der Waals surface area contributed by atoms with Crippen LogP contribution in [0.15, 0.2) is 71.8 Å². The van der Waals surface area contributed by atoms with E-state index in [1.54, 1.807) is 0 Å². The van der Waals surface area contributed by atoms with Crippen LogP contribution in [0.3, 0.4) is 0 Å². The first-order valence-electron chi connectivity index (χ1n) is 6.60. The van der Waals surface area contributed by atoms with E-state index in [2.05, 4.69) is 15.1 Å². The van der Waals surface area contributed by atoms with Crippen LogP contribution in [-0.2, 0) is 0 Å². The predicted molar refractivity (Wildman–Crippen MR) is 84.7 cm³/mol. The van der Waals surface area contributed by atoms with Gasteiger partial charge in [0.1, 0.15) is 0 Å². The van der Waals surface area contributed by atoms with Crippen LogP contribution in [0.25, 0.3) is 22.5 Å². The molecule has 0 aliphatic rings. The molecule has 0 saturated carbocycles. The van der Waals surface area contributed by atoms with Crippen molar-refractivity contribution in [2.75, 3.05) is 0 Å². The highest BCUT2D eigenvalue weighted by Crippen LogP contribution is 2.23. The van der Waals surface area contributed by atoms with Gasteiger partial charge >= 0.3 is 0 Å². The average molecular weight is 274 g/mol. The van der Waals surface area contributed by atoms with Crippen LogP contribution in [0.5, 0.6) is 0 Å². The van der Waals surface area contributed by atoms with E-state index in [0.717, 1.165) is 22.5 Å². The Kier molecular flexibility index (Phi) is 3.69. The lowest BCUT2D eigenvalue weighted by Crippen LogP contribution is -1.99. The van der Waals surface area contributed by atoms with Crippen molar-refractivity contribution in [3.05, 3.63) is 72.6 Å². The van der Waals surface area contributed by atoms with Gasteiger partial charge in [-0.2, -0.15) is 5.10 Å². The van der Waals surface area contributed by atoms with E-state index in [1.807, 2.05) is 66.7 Å². The molecule has 0 bridgehead atoms. The fourth-order valence-electron chi connectivity index (χ4n) is 2.10. The molecule has 3 rings (SSSR count).